The number of benzene rings is 1. The molecular formula is C21H33N3O3. The monoisotopic (exact) mass is 375 g/mol. The van der Waals surface area contributed by atoms with E-state index in [1.54, 1.807) is 0 Å². The zero-order valence-electron chi connectivity index (χ0n) is 17.1. The Bertz CT molecular complexity index is 640. The zero-order chi connectivity index (χ0) is 20.1. The Kier molecular flexibility index (Phi) is 7.25. The summed E-state index contributed by atoms with van der Waals surface area (Å²) in [6, 6.07) is 6.31. The fraction of sp³-hybridized carbons (Fsp3) is 0.619. The lowest BCUT2D eigenvalue weighted by Gasteiger charge is -2.42. The SMILES string of the molecule is CCN(CC(=O)O)C1CC(NC(=O)Nc2c(C(C)C)cccc2C(C)C)C1. The van der Waals surface area contributed by atoms with Gasteiger partial charge in [-0.25, -0.2) is 4.79 Å². The molecule has 0 heterocycles. The van der Waals surface area contributed by atoms with Gasteiger partial charge >= 0.3 is 12.0 Å². The molecule has 0 radical (unpaired) electrons. The number of carbonyl (C=O) groups excluding carboxylic acids is 1. The summed E-state index contributed by atoms with van der Waals surface area (Å²) < 4.78 is 0. The smallest absolute Gasteiger partial charge is 0.319 e. The molecule has 1 saturated carbocycles. The summed E-state index contributed by atoms with van der Waals surface area (Å²) in [4.78, 5) is 25.4. The second-order valence-corrected chi connectivity index (χ2v) is 8.00. The molecule has 1 aromatic rings. The molecule has 0 bridgehead atoms. The van der Waals surface area contributed by atoms with Gasteiger partial charge in [-0.15, -0.1) is 0 Å². The van der Waals surface area contributed by atoms with E-state index in [4.69, 9.17) is 5.11 Å². The van der Waals surface area contributed by atoms with Gasteiger partial charge in [-0.05, 0) is 42.3 Å². The molecule has 1 aromatic carbocycles. The average molecular weight is 376 g/mol. The van der Waals surface area contributed by atoms with Gasteiger partial charge in [0.05, 0.1) is 6.54 Å². The number of urea groups is 1. The molecule has 6 heteroatoms. The first-order chi connectivity index (χ1) is 12.7. The van der Waals surface area contributed by atoms with Crippen molar-refractivity contribution in [2.24, 2.45) is 0 Å². The van der Waals surface area contributed by atoms with E-state index in [1.165, 1.54) is 0 Å². The molecule has 2 amide bonds. The number of carboxylic acids is 1. The average Bonchev–Trinajstić information content (AvgIpc) is 2.55. The maximum Gasteiger partial charge on any atom is 0.319 e. The van der Waals surface area contributed by atoms with Crippen molar-refractivity contribution in [2.75, 3.05) is 18.4 Å². The molecule has 0 saturated heterocycles. The van der Waals surface area contributed by atoms with Crippen LogP contribution in [0.2, 0.25) is 0 Å². The normalized spacial score (nSPS) is 19.3. The highest BCUT2D eigenvalue weighted by Gasteiger charge is 2.34. The maximum absolute atomic E-state index is 12.6. The van der Waals surface area contributed by atoms with E-state index < -0.39 is 5.97 Å². The third-order valence-corrected chi connectivity index (χ3v) is 5.32. The van der Waals surface area contributed by atoms with Crippen molar-refractivity contribution in [3.8, 4) is 0 Å². The van der Waals surface area contributed by atoms with Gasteiger partial charge in [-0.1, -0.05) is 52.8 Å². The van der Waals surface area contributed by atoms with Crippen molar-refractivity contribution >= 4 is 17.7 Å². The zero-order valence-corrected chi connectivity index (χ0v) is 17.1. The second-order valence-electron chi connectivity index (χ2n) is 8.00. The Hall–Kier alpha value is -2.08. The van der Waals surface area contributed by atoms with E-state index in [0.29, 0.717) is 18.4 Å². The van der Waals surface area contributed by atoms with Gasteiger partial charge in [-0.2, -0.15) is 0 Å². The van der Waals surface area contributed by atoms with E-state index in [0.717, 1.165) is 29.7 Å². The van der Waals surface area contributed by atoms with Crippen molar-refractivity contribution in [3.63, 3.8) is 0 Å². The van der Waals surface area contributed by atoms with E-state index in [9.17, 15) is 9.59 Å². The van der Waals surface area contributed by atoms with Gasteiger partial charge in [0.2, 0.25) is 0 Å². The van der Waals surface area contributed by atoms with Crippen LogP contribution in [0, 0.1) is 0 Å². The van der Waals surface area contributed by atoms with E-state index >= 15 is 0 Å². The van der Waals surface area contributed by atoms with Crippen LogP contribution in [0.1, 0.15) is 70.4 Å². The van der Waals surface area contributed by atoms with Gasteiger partial charge in [0, 0.05) is 17.8 Å². The van der Waals surface area contributed by atoms with E-state index in [-0.39, 0.29) is 24.7 Å². The highest BCUT2D eigenvalue weighted by atomic mass is 16.4. The van der Waals surface area contributed by atoms with Gasteiger partial charge < -0.3 is 15.7 Å². The molecule has 3 N–H and O–H groups in total. The predicted octanol–water partition coefficient (Wildman–Crippen LogP) is 3.99. The molecule has 0 unspecified atom stereocenters. The molecule has 0 spiro atoms. The maximum atomic E-state index is 12.6. The Morgan fingerprint density at radius 2 is 1.70 bits per heavy atom. The minimum atomic E-state index is -0.808. The number of anilines is 1. The minimum absolute atomic E-state index is 0.0552. The topological polar surface area (TPSA) is 81.7 Å². The van der Waals surface area contributed by atoms with Gasteiger partial charge in [0.25, 0.3) is 0 Å². The molecular weight excluding hydrogens is 342 g/mol. The van der Waals surface area contributed by atoms with Crippen molar-refractivity contribution in [3.05, 3.63) is 29.3 Å². The number of para-hydroxylation sites is 1. The summed E-state index contributed by atoms with van der Waals surface area (Å²) in [6.07, 6.45) is 1.58. The van der Waals surface area contributed by atoms with Gasteiger partial charge in [0.15, 0.2) is 0 Å². The molecule has 1 fully saturated rings. The van der Waals surface area contributed by atoms with Crippen molar-refractivity contribution < 1.29 is 14.7 Å². The standard InChI is InChI=1S/C21H33N3O3/c1-6-24(12-19(25)26)16-10-15(11-16)22-21(27)23-20-17(13(2)3)8-7-9-18(20)14(4)5/h7-9,13-16H,6,10-12H2,1-5H3,(H,25,26)(H2,22,23,27). The van der Waals surface area contributed by atoms with Crippen LogP contribution in [0.5, 0.6) is 0 Å². The fourth-order valence-corrected chi connectivity index (χ4v) is 3.71. The number of amides is 2. The molecule has 0 atom stereocenters. The Morgan fingerprint density at radius 3 is 2.15 bits per heavy atom. The third kappa shape index (κ3) is 5.45. The number of carboxylic acid groups (broad SMARTS) is 1. The van der Waals surface area contributed by atoms with Crippen molar-refractivity contribution in [1.82, 2.24) is 10.2 Å². The number of likely N-dealkylation sites (N-methyl/N-ethyl adjacent to an activating group) is 1. The molecule has 0 aliphatic heterocycles. The number of nitrogens with one attached hydrogen (secondary N) is 2. The Labute approximate surface area is 162 Å². The predicted molar refractivity (Wildman–Crippen MR) is 108 cm³/mol. The molecule has 0 aromatic heterocycles. The van der Waals surface area contributed by atoms with E-state index in [1.807, 2.05) is 17.9 Å². The number of rotatable bonds is 8. The molecule has 1 aliphatic carbocycles. The van der Waals surface area contributed by atoms with Crippen LogP contribution in [-0.2, 0) is 4.79 Å². The number of hydrogen-bond donors (Lipinski definition) is 3. The summed E-state index contributed by atoms with van der Waals surface area (Å²) >= 11 is 0. The minimum Gasteiger partial charge on any atom is -0.480 e. The van der Waals surface area contributed by atoms with Crippen LogP contribution in [-0.4, -0.2) is 47.2 Å². The lowest BCUT2D eigenvalue weighted by atomic mass is 9.85. The lowest BCUT2D eigenvalue weighted by Crippen LogP contribution is -2.55. The first kappa shape index (κ1) is 21.2. The van der Waals surface area contributed by atoms with E-state index in [2.05, 4.69) is 50.5 Å². The number of carbonyl (C=O) groups is 2. The van der Waals surface area contributed by atoms with Gasteiger partial charge in [-0.3, -0.25) is 9.69 Å². The highest BCUT2D eigenvalue weighted by molar-refractivity contribution is 5.91. The quantitative estimate of drug-likeness (QED) is 0.642. The first-order valence-corrected chi connectivity index (χ1v) is 9.89. The third-order valence-electron chi connectivity index (χ3n) is 5.32. The van der Waals surface area contributed by atoms with Crippen LogP contribution < -0.4 is 10.6 Å². The molecule has 6 nitrogen and oxygen atoms in total. The van der Waals surface area contributed by atoms with Crippen molar-refractivity contribution in [2.45, 2.75) is 71.4 Å². The number of hydrogen-bond acceptors (Lipinski definition) is 3. The summed E-state index contributed by atoms with van der Waals surface area (Å²) in [5.74, 6) is -0.167. The lowest BCUT2D eigenvalue weighted by molar-refractivity contribution is -0.139. The molecule has 1 aliphatic rings. The Balaban J connectivity index is 1.97. The summed E-state index contributed by atoms with van der Waals surface area (Å²) in [5, 5.41) is 15.1. The Morgan fingerprint density at radius 1 is 1.15 bits per heavy atom. The molecule has 27 heavy (non-hydrogen) atoms. The van der Waals surface area contributed by atoms with Crippen LogP contribution in [0.4, 0.5) is 10.5 Å². The van der Waals surface area contributed by atoms with Crippen LogP contribution in [0.15, 0.2) is 18.2 Å². The second kappa shape index (κ2) is 9.22. The van der Waals surface area contributed by atoms with Crippen molar-refractivity contribution in [1.29, 1.82) is 0 Å². The number of aliphatic carboxylic acids is 1. The molecule has 2 rings (SSSR count). The summed E-state index contributed by atoms with van der Waals surface area (Å²) in [5.41, 5.74) is 3.19. The van der Waals surface area contributed by atoms with Gasteiger partial charge in [0.1, 0.15) is 0 Å². The van der Waals surface area contributed by atoms with Crippen LogP contribution >= 0.6 is 0 Å². The largest absolute Gasteiger partial charge is 0.480 e. The van der Waals surface area contributed by atoms with Crippen LogP contribution in [0.3, 0.4) is 0 Å². The summed E-state index contributed by atoms with van der Waals surface area (Å²) in [7, 11) is 0. The fourth-order valence-electron chi connectivity index (χ4n) is 3.71. The van der Waals surface area contributed by atoms with Crippen LogP contribution in [0.25, 0.3) is 0 Å². The highest BCUT2D eigenvalue weighted by Crippen LogP contribution is 2.32. The number of nitrogens with zero attached hydrogens (tertiary/aromatic N) is 1. The first-order valence-electron chi connectivity index (χ1n) is 9.89. The molecule has 150 valence electrons. The summed E-state index contributed by atoms with van der Waals surface area (Å²) in [6.45, 7) is 11.2.